The number of rotatable bonds is 5. The van der Waals surface area contributed by atoms with Gasteiger partial charge in [0.1, 0.15) is 0 Å². The van der Waals surface area contributed by atoms with E-state index in [0.29, 0.717) is 0 Å². The van der Waals surface area contributed by atoms with E-state index >= 15 is 0 Å². The van der Waals surface area contributed by atoms with E-state index < -0.39 is 0 Å². The molecule has 1 nitrogen and oxygen atoms in total. The summed E-state index contributed by atoms with van der Waals surface area (Å²) in [6.07, 6.45) is 5.46. The van der Waals surface area contributed by atoms with Gasteiger partial charge in [0.2, 0.25) is 0 Å². The van der Waals surface area contributed by atoms with E-state index in [1.807, 2.05) is 23.6 Å². The first-order valence-corrected chi connectivity index (χ1v) is 8.47. The number of fused-ring (bicyclic) bond motifs is 1. The van der Waals surface area contributed by atoms with Gasteiger partial charge in [0.05, 0.1) is 5.52 Å². The van der Waals surface area contributed by atoms with Gasteiger partial charge in [-0.1, -0.05) is 38.5 Å². The van der Waals surface area contributed by atoms with Crippen LogP contribution in [0.2, 0.25) is 0 Å². The molecule has 0 spiro atoms. The van der Waals surface area contributed by atoms with Crippen LogP contribution in [0.4, 0.5) is 0 Å². The number of benzene rings is 1. The van der Waals surface area contributed by atoms with E-state index in [1.54, 1.807) is 0 Å². The molecule has 2 heterocycles. The molecular weight excluding hydrogens is 274 g/mol. The van der Waals surface area contributed by atoms with Crippen molar-refractivity contribution in [3.8, 4) is 0 Å². The summed E-state index contributed by atoms with van der Waals surface area (Å²) >= 11 is 1.95. The largest absolute Gasteiger partial charge is 0.256 e. The molecule has 0 saturated heterocycles. The van der Waals surface area contributed by atoms with E-state index in [9.17, 15) is 0 Å². The van der Waals surface area contributed by atoms with Crippen molar-refractivity contribution in [2.45, 2.75) is 33.1 Å². The van der Waals surface area contributed by atoms with Gasteiger partial charge in [0.25, 0.3) is 0 Å². The van der Waals surface area contributed by atoms with Gasteiger partial charge in [0, 0.05) is 27.8 Å². The van der Waals surface area contributed by atoms with Gasteiger partial charge in [0.15, 0.2) is 0 Å². The van der Waals surface area contributed by atoms with Crippen molar-refractivity contribution < 1.29 is 0 Å². The van der Waals surface area contributed by atoms with Gasteiger partial charge < -0.3 is 0 Å². The zero-order chi connectivity index (χ0) is 14.7. The first-order chi connectivity index (χ1) is 10.2. The van der Waals surface area contributed by atoms with E-state index in [4.69, 9.17) is 0 Å². The Kier molecular flexibility index (Phi) is 4.35. The molecule has 0 aliphatic carbocycles. The van der Waals surface area contributed by atoms with Crippen molar-refractivity contribution in [2.24, 2.45) is 5.92 Å². The Morgan fingerprint density at radius 2 is 1.90 bits per heavy atom. The van der Waals surface area contributed by atoms with Gasteiger partial charge in [-0.3, -0.25) is 4.98 Å². The molecule has 0 bridgehead atoms. The van der Waals surface area contributed by atoms with Crippen molar-refractivity contribution in [1.29, 1.82) is 0 Å². The minimum atomic E-state index is 0.777. The van der Waals surface area contributed by atoms with Crippen LogP contribution in [0.5, 0.6) is 0 Å². The number of pyridine rings is 1. The zero-order valence-electron chi connectivity index (χ0n) is 12.7. The Morgan fingerprint density at radius 3 is 2.76 bits per heavy atom. The van der Waals surface area contributed by atoms with Crippen LogP contribution >= 0.6 is 11.3 Å². The molecule has 1 aromatic carbocycles. The van der Waals surface area contributed by atoms with Crippen molar-refractivity contribution in [1.82, 2.24) is 4.98 Å². The average Bonchev–Trinajstić information content (AvgIpc) is 2.94. The summed E-state index contributed by atoms with van der Waals surface area (Å²) in [6, 6.07) is 15.1. The van der Waals surface area contributed by atoms with Crippen molar-refractivity contribution in [3.63, 3.8) is 0 Å². The maximum Gasteiger partial charge on any atom is 0.0702 e. The predicted molar refractivity (Wildman–Crippen MR) is 92.0 cm³/mol. The van der Waals surface area contributed by atoms with Crippen LogP contribution in [0.3, 0.4) is 0 Å². The molecule has 0 aliphatic rings. The van der Waals surface area contributed by atoms with Crippen LogP contribution in [0, 0.1) is 5.92 Å². The molecule has 1 atom stereocenters. The lowest BCUT2D eigenvalue weighted by Crippen LogP contribution is -1.94. The highest BCUT2D eigenvalue weighted by molar-refractivity contribution is 7.12. The maximum absolute atomic E-state index is 4.55. The standard InChI is InChI=1S/C19H21NS/c1-3-14(2)10-17-8-9-18(21-17)12-15-11-16-6-4-5-7-19(16)20-13-15/h4-9,11,13-14H,3,10,12H2,1-2H3. The molecule has 0 fully saturated rings. The molecule has 21 heavy (non-hydrogen) atoms. The lowest BCUT2D eigenvalue weighted by atomic mass is 10.0. The zero-order valence-corrected chi connectivity index (χ0v) is 13.5. The van der Waals surface area contributed by atoms with Gasteiger partial charge in [-0.15, -0.1) is 11.3 Å². The second kappa shape index (κ2) is 6.40. The first-order valence-electron chi connectivity index (χ1n) is 7.66. The van der Waals surface area contributed by atoms with Gasteiger partial charge in [-0.2, -0.15) is 0 Å². The summed E-state index contributed by atoms with van der Waals surface area (Å²) in [4.78, 5) is 7.49. The highest BCUT2D eigenvalue weighted by Crippen LogP contribution is 2.24. The van der Waals surface area contributed by atoms with Gasteiger partial charge in [-0.25, -0.2) is 0 Å². The summed E-state index contributed by atoms with van der Waals surface area (Å²) in [7, 11) is 0. The lowest BCUT2D eigenvalue weighted by Gasteiger charge is -2.05. The van der Waals surface area contributed by atoms with Crippen molar-refractivity contribution in [2.75, 3.05) is 0 Å². The molecule has 0 saturated carbocycles. The number of hydrogen-bond acceptors (Lipinski definition) is 2. The molecule has 0 aliphatic heterocycles. The van der Waals surface area contributed by atoms with Crippen LogP contribution in [0.25, 0.3) is 10.9 Å². The second-order valence-electron chi connectivity index (χ2n) is 5.80. The highest BCUT2D eigenvalue weighted by Gasteiger charge is 2.06. The highest BCUT2D eigenvalue weighted by atomic mass is 32.1. The molecule has 2 aromatic heterocycles. The maximum atomic E-state index is 4.55. The van der Waals surface area contributed by atoms with E-state index in [-0.39, 0.29) is 0 Å². The lowest BCUT2D eigenvalue weighted by molar-refractivity contribution is 0.565. The van der Waals surface area contributed by atoms with Crippen LogP contribution in [-0.2, 0) is 12.8 Å². The molecule has 0 radical (unpaired) electrons. The predicted octanol–water partition coefficient (Wildman–Crippen LogP) is 5.48. The number of nitrogens with zero attached hydrogens (tertiary/aromatic N) is 1. The Balaban J connectivity index is 1.75. The monoisotopic (exact) mass is 295 g/mol. The van der Waals surface area contributed by atoms with E-state index in [0.717, 1.165) is 17.9 Å². The minimum absolute atomic E-state index is 0.777. The van der Waals surface area contributed by atoms with Crippen LogP contribution in [-0.4, -0.2) is 4.98 Å². The van der Waals surface area contributed by atoms with Crippen LogP contribution in [0.15, 0.2) is 48.7 Å². The quantitative estimate of drug-likeness (QED) is 0.607. The van der Waals surface area contributed by atoms with Crippen molar-refractivity contribution >= 4 is 22.2 Å². The third kappa shape index (κ3) is 3.51. The fourth-order valence-electron chi connectivity index (χ4n) is 2.53. The molecular formula is C19H21NS. The fraction of sp³-hybridized carbons (Fsp3) is 0.316. The molecule has 1 unspecified atom stereocenters. The normalized spacial score (nSPS) is 12.7. The summed E-state index contributed by atoms with van der Waals surface area (Å²) in [5.74, 6) is 0.777. The summed E-state index contributed by atoms with van der Waals surface area (Å²) in [5.41, 5.74) is 2.37. The minimum Gasteiger partial charge on any atom is -0.256 e. The Labute approximate surface area is 130 Å². The van der Waals surface area contributed by atoms with E-state index in [1.165, 1.54) is 33.5 Å². The number of para-hydroxylation sites is 1. The van der Waals surface area contributed by atoms with Gasteiger partial charge in [-0.05, 0) is 42.2 Å². The van der Waals surface area contributed by atoms with Crippen molar-refractivity contribution in [3.05, 3.63) is 64.0 Å². The molecule has 2 heteroatoms. The Bertz CT molecular complexity index is 729. The number of thiophene rings is 1. The molecule has 108 valence electrons. The Hall–Kier alpha value is -1.67. The number of hydrogen-bond donors (Lipinski definition) is 0. The second-order valence-corrected chi connectivity index (χ2v) is 7.05. The Morgan fingerprint density at radius 1 is 1.10 bits per heavy atom. The SMILES string of the molecule is CCC(C)Cc1ccc(Cc2cnc3ccccc3c2)s1. The number of aromatic nitrogens is 1. The molecule has 3 rings (SSSR count). The molecule has 0 amide bonds. The average molecular weight is 295 g/mol. The van der Waals surface area contributed by atoms with Crippen LogP contribution < -0.4 is 0 Å². The molecule has 0 N–H and O–H groups in total. The smallest absolute Gasteiger partial charge is 0.0702 e. The third-order valence-corrected chi connectivity index (χ3v) is 5.10. The van der Waals surface area contributed by atoms with Crippen LogP contribution in [0.1, 0.15) is 35.6 Å². The first kappa shape index (κ1) is 14.3. The fourth-order valence-corrected chi connectivity index (χ4v) is 3.74. The molecule has 3 aromatic rings. The van der Waals surface area contributed by atoms with Gasteiger partial charge >= 0.3 is 0 Å². The summed E-state index contributed by atoms with van der Waals surface area (Å²) in [6.45, 7) is 4.59. The summed E-state index contributed by atoms with van der Waals surface area (Å²) < 4.78 is 0. The third-order valence-electron chi connectivity index (χ3n) is 3.99. The summed E-state index contributed by atoms with van der Waals surface area (Å²) in [5, 5.41) is 1.23. The topological polar surface area (TPSA) is 12.9 Å². The van der Waals surface area contributed by atoms with E-state index in [2.05, 4.69) is 55.2 Å².